The van der Waals surface area contributed by atoms with Gasteiger partial charge in [0, 0.05) is 6.42 Å². The lowest BCUT2D eigenvalue weighted by Gasteiger charge is -2.37. The van der Waals surface area contributed by atoms with E-state index in [4.69, 9.17) is 5.73 Å². The summed E-state index contributed by atoms with van der Waals surface area (Å²) in [4.78, 5) is 11.9. The van der Waals surface area contributed by atoms with E-state index in [9.17, 15) is 9.90 Å². The monoisotopic (exact) mass is 481 g/mol. The second kappa shape index (κ2) is 15.5. The van der Waals surface area contributed by atoms with E-state index in [1.807, 2.05) is 0 Å². The first-order valence-corrected chi connectivity index (χ1v) is 14.8. The molecule has 0 heterocycles. The summed E-state index contributed by atoms with van der Waals surface area (Å²) >= 11 is 0. The molecule has 196 valence electrons. The average molecular weight is 482 g/mol. The zero-order valence-electron chi connectivity index (χ0n) is 22.1. The minimum Gasteiger partial charge on any atom is -0.481 e. The van der Waals surface area contributed by atoms with E-state index in [0.717, 1.165) is 31.6 Å². The van der Waals surface area contributed by atoms with Crippen LogP contribution < -0.4 is 5.73 Å². The van der Waals surface area contributed by atoms with Crippen molar-refractivity contribution >= 4 is 5.97 Å². The first-order chi connectivity index (χ1) is 17.1. The number of nitrogens with two attached hydrogens (primary N) is 1. The Morgan fingerprint density at radius 3 is 2.34 bits per heavy atom. The fraction of sp³-hybridized carbons (Fsp3) is 0.719. The van der Waals surface area contributed by atoms with Gasteiger partial charge in [-0.1, -0.05) is 100 Å². The van der Waals surface area contributed by atoms with Crippen molar-refractivity contribution in [3.05, 3.63) is 48.0 Å². The van der Waals surface area contributed by atoms with Gasteiger partial charge in [-0.3, -0.25) is 4.79 Å². The number of aliphatic carboxylic acids is 1. The smallest absolute Gasteiger partial charge is 0.303 e. The first-order valence-electron chi connectivity index (χ1n) is 14.8. The number of allylic oxidation sites excluding steroid dienone is 2. The van der Waals surface area contributed by atoms with Crippen molar-refractivity contribution in [2.45, 2.75) is 121 Å². The number of hydrogen-bond acceptors (Lipinski definition) is 2. The predicted octanol–water partition coefficient (Wildman–Crippen LogP) is 8.42. The van der Waals surface area contributed by atoms with Gasteiger partial charge in [0.2, 0.25) is 0 Å². The molecule has 3 nitrogen and oxygen atoms in total. The lowest BCUT2D eigenvalue weighted by molar-refractivity contribution is -0.138. The highest BCUT2D eigenvalue weighted by atomic mass is 16.4. The van der Waals surface area contributed by atoms with Crippen LogP contribution in [0.4, 0.5) is 0 Å². The molecule has 2 unspecified atom stereocenters. The van der Waals surface area contributed by atoms with Crippen molar-refractivity contribution in [2.75, 3.05) is 6.54 Å². The molecule has 2 fully saturated rings. The Balaban J connectivity index is 1.50. The van der Waals surface area contributed by atoms with E-state index < -0.39 is 5.97 Å². The minimum absolute atomic E-state index is 0.148. The Labute approximate surface area is 215 Å². The van der Waals surface area contributed by atoms with Crippen LogP contribution in [0.1, 0.15) is 121 Å². The van der Waals surface area contributed by atoms with Gasteiger partial charge in [0.05, 0.1) is 0 Å². The van der Waals surface area contributed by atoms with Gasteiger partial charge in [0.15, 0.2) is 0 Å². The van der Waals surface area contributed by atoms with Gasteiger partial charge in [0.1, 0.15) is 0 Å². The Hall–Kier alpha value is -1.61. The molecule has 1 aromatic rings. The number of carboxylic acid groups (broad SMARTS) is 1. The standard InChI is InChI=1S/C32H51NO2/c33-24-21-28(18-10-4-2-1-3-7-15-27-16-8-5-9-17-27)29(25-31(34)35)26-32(22-13-14-23-32)30-19-11-6-12-20-30/h1,3,6,11-12,19-20,27-29H,2,4-5,7-10,13-18,21-26,33H2,(H,34,35). The molecule has 2 saturated carbocycles. The van der Waals surface area contributed by atoms with E-state index in [1.54, 1.807) is 0 Å². The molecule has 0 aliphatic heterocycles. The Morgan fingerprint density at radius 1 is 0.943 bits per heavy atom. The van der Waals surface area contributed by atoms with Crippen LogP contribution in [0, 0.1) is 17.8 Å². The summed E-state index contributed by atoms with van der Waals surface area (Å²) in [6.07, 6.45) is 26.3. The third kappa shape index (κ3) is 9.41. The Bertz CT molecular complexity index is 731. The van der Waals surface area contributed by atoms with Gasteiger partial charge in [-0.05, 0) is 86.6 Å². The highest BCUT2D eigenvalue weighted by Crippen LogP contribution is 2.48. The van der Waals surface area contributed by atoms with Crippen LogP contribution in [0.15, 0.2) is 42.5 Å². The number of rotatable bonds is 16. The quantitative estimate of drug-likeness (QED) is 0.184. The molecular formula is C32H51NO2. The summed E-state index contributed by atoms with van der Waals surface area (Å²) in [6, 6.07) is 10.9. The first kappa shape index (κ1) is 28.0. The molecule has 2 atom stereocenters. The van der Waals surface area contributed by atoms with Crippen LogP contribution in [0.3, 0.4) is 0 Å². The highest BCUT2D eigenvalue weighted by molar-refractivity contribution is 5.67. The van der Waals surface area contributed by atoms with E-state index in [-0.39, 0.29) is 17.8 Å². The van der Waals surface area contributed by atoms with Crippen LogP contribution in [-0.2, 0) is 10.2 Å². The van der Waals surface area contributed by atoms with E-state index >= 15 is 0 Å². The second-order valence-corrected chi connectivity index (χ2v) is 11.6. The molecule has 3 N–H and O–H groups in total. The predicted molar refractivity (Wildman–Crippen MR) is 148 cm³/mol. The maximum atomic E-state index is 11.9. The second-order valence-electron chi connectivity index (χ2n) is 11.6. The summed E-state index contributed by atoms with van der Waals surface area (Å²) in [6.45, 7) is 0.653. The molecule has 0 amide bonds. The number of unbranched alkanes of at least 4 members (excludes halogenated alkanes) is 2. The molecule has 2 aliphatic carbocycles. The minimum atomic E-state index is -0.654. The van der Waals surface area contributed by atoms with Gasteiger partial charge in [-0.25, -0.2) is 0 Å². The van der Waals surface area contributed by atoms with Crippen molar-refractivity contribution in [1.29, 1.82) is 0 Å². The largest absolute Gasteiger partial charge is 0.481 e. The summed E-state index contributed by atoms with van der Waals surface area (Å²) < 4.78 is 0. The van der Waals surface area contributed by atoms with Gasteiger partial charge in [-0.15, -0.1) is 0 Å². The van der Waals surface area contributed by atoms with Crippen LogP contribution in [0.5, 0.6) is 0 Å². The average Bonchev–Trinajstić information content (AvgIpc) is 3.35. The molecule has 3 heteroatoms. The Kier molecular flexibility index (Phi) is 12.4. The molecule has 0 radical (unpaired) electrons. The fourth-order valence-electron chi connectivity index (χ4n) is 7.13. The van der Waals surface area contributed by atoms with Gasteiger partial charge in [0.25, 0.3) is 0 Å². The van der Waals surface area contributed by atoms with Crippen LogP contribution >= 0.6 is 0 Å². The molecular weight excluding hydrogens is 430 g/mol. The molecule has 0 spiro atoms. The molecule has 0 saturated heterocycles. The van der Waals surface area contributed by atoms with E-state index in [2.05, 4.69) is 42.5 Å². The zero-order chi connectivity index (χ0) is 24.8. The molecule has 0 aromatic heterocycles. The van der Waals surface area contributed by atoms with Crippen molar-refractivity contribution in [3.63, 3.8) is 0 Å². The molecule has 0 bridgehead atoms. The van der Waals surface area contributed by atoms with Crippen molar-refractivity contribution < 1.29 is 9.90 Å². The number of hydrogen-bond donors (Lipinski definition) is 2. The Morgan fingerprint density at radius 2 is 1.66 bits per heavy atom. The summed E-state index contributed by atoms with van der Waals surface area (Å²) in [5.74, 6) is 0.933. The third-order valence-corrected chi connectivity index (χ3v) is 9.07. The zero-order valence-corrected chi connectivity index (χ0v) is 22.1. The number of carboxylic acids is 1. The van der Waals surface area contributed by atoms with Crippen molar-refractivity contribution in [1.82, 2.24) is 0 Å². The van der Waals surface area contributed by atoms with E-state index in [1.165, 1.54) is 89.0 Å². The van der Waals surface area contributed by atoms with Gasteiger partial charge in [-0.2, -0.15) is 0 Å². The maximum absolute atomic E-state index is 11.9. The molecule has 1 aromatic carbocycles. The molecule has 35 heavy (non-hydrogen) atoms. The fourth-order valence-corrected chi connectivity index (χ4v) is 7.13. The topological polar surface area (TPSA) is 63.3 Å². The lowest BCUT2D eigenvalue weighted by atomic mass is 9.68. The lowest BCUT2D eigenvalue weighted by Crippen LogP contribution is -2.31. The highest BCUT2D eigenvalue weighted by Gasteiger charge is 2.39. The van der Waals surface area contributed by atoms with Gasteiger partial charge >= 0.3 is 5.97 Å². The SMILES string of the molecule is NCCC(CCCCC=CCCC1CCCCC1)C(CC(=O)O)CC1(c2ccccc2)CCCC1. The summed E-state index contributed by atoms with van der Waals surface area (Å²) in [7, 11) is 0. The summed E-state index contributed by atoms with van der Waals surface area (Å²) in [5, 5.41) is 9.78. The van der Waals surface area contributed by atoms with Crippen LogP contribution in [0.25, 0.3) is 0 Å². The van der Waals surface area contributed by atoms with Crippen LogP contribution in [-0.4, -0.2) is 17.6 Å². The van der Waals surface area contributed by atoms with Gasteiger partial charge < -0.3 is 10.8 Å². The summed E-state index contributed by atoms with van der Waals surface area (Å²) in [5.41, 5.74) is 7.60. The van der Waals surface area contributed by atoms with Crippen molar-refractivity contribution in [3.8, 4) is 0 Å². The van der Waals surface area contributed by atoms with Crippen LogP contribution in [0.2, 0.25) is 0 Å². The molecule has 3 rings (SSSR count). The maximum Gasteiger partial charge on any atom is 0.303 e. The molecule has 2 aliphatic rings. The number of benzene rings is 1. The normalized spacial score (nSPS) is 20.3. The van der Waals surface area contributed by atoms with E-state index in [0.29, 0.717) is 12.5 Å². The number of carbonyl (C=O) groups is 1. The van der Waals surface area contributed by atoms with Crippen molar-refractivity contribution in [2.24, 2.45) is 23.5 Å². The third-order valence-electron chi connectivity index (χ3n) is 9.07.